The first-order valence-electron chi connectivity index (χ1n) is 8.82. The fraction of sp³-hybridized carbons (Fsp3) is 0.556. The maximum absolute atomic E-state index is 11.9. The number of aromatic nitrogens is 2. The molecular formula is C18H24N4O2. The lowest BCUT2D eigenvalue weighted by Crippen LogP contribution is -2.27. The molecule has 128 valence electrons. The molecule has 0 spiro atoms. The number of imidazole rings is 1. The van der Waals surface area contributed by atoms with Crippen molar-refractivity contribution < 1.29 is 9.21 Å². The van der Waals surface area contributed by atoms with Crippen LogP contribution in [-0.4, -0.2) is 33.4 Å². The van der Waals surface area contributed by atoms with Gasteiger partial charge in [-0.15, -0.1) is 0 Å². The minimum Gasteiger partial charge on any atom is -0.468 e. The van der Waals surface area contributed by atoms with E-state index in [1.54, 1.807) is 6.26 Å². The van der Waals surface area contributed by atoms with Gasteiger partial charge in [-0.1, -0.05) is 0 Å². The van der Waals surface area contributed by atoms with Gasteiger partial charge in [-0.25, -0.2) is 4.98 Å². The molecule has 0 aromatic carbocycles. The lowest BCUT2D eigenvalue weighted by Gasteiger charge is -2.18. The Morgan fingerprint density at radius 2 is 2.25 bits per heavy atom. The third kappa shape index (κ3) is 3.70. The highest BCUT2D eigenvalue weighted by atomic mass is 16.3. The van der Waals surface area contributed by atoms with Crippen LogP contribution in [0.5, 0.6) is 0 Å². The molecule has 2 aromatic rings. The number of hydrogen-bond donors (Lipinski definition) is 1. The fourth-order valence-electron chi connectivity index (χ4n) is 3.31. The Hall–Kier alpha value is -2.08. The second-order valence-corrected chi connectivity index (χ2v) is 6.85. The number of carbonyl (C=O) groups is 1. The van der Waals surface area contributed by atoms with E-state index in [2.05, 4.69) is 19.8 Å². The van der Waals surface area contributed by atoms with Crippen molar-refractivity contribution >= 4 is 5.91 Å². The Morgan fingerprint density at radius 3 is 3.04 bits per heavy atom. The Balaban J connectivity index is 1.33. The van der Waals surface area contributed by atoms with Crippen LogP contribution in [0.3, 0.4) is 0 Å². The molecule has 1 amide bonds. The van der Waals surface area contributed by atoms with E-state index < -0.39 is 0 Å². The van der Waals surface area contributed by atoms with Crippen LogP contribution in [-0.2, 0) is 30.8 Å². The van der Waals surface area contributed by atoms with Gasteiger partial charge in [-0.05, 0) is 30.9 Å². The smallest absolute Gasteiger partial charge is 0.220 e. The van der Waals surface area contributed by atoms with Crippen molar-refractivity contribution in [2.24, 2.45) is 5.92 Å². The maximum Gasteiger partial charge on any atom is 0.220 e. The van der Waals surface area contributed by atoms with Crippen molar-refractivity contribution in [1.82, 2.24) is 19.8 Å². The second-order valence-electron chi connectivity index (χ2n) is 6.85. The molecule has 0 unspecified atom stereocenters. The predicted octanol–water partition coefficient (Wildman–Crippen LogP) is 1.95. The van der Waals surface area contributed by atoms with Crippen LogP contribution >= 0.6 is 0 Å². The third-order valence-corrected chi connectivity index (χ3v) is 4.91. The average Bonchev–Trinajstić information content (AvgIpc) is 3.15. The van der Waals surface area contributed by atoms with Crippen molar-refractivity contribution in [3.8, 4) is 0 Å². The number of nitrogens with one attached hydrogen (secondary N) is 1. The zero-order valence-corrected chi connectivity index (χ0v) is 13.9. The van der Waals surface area contributed by atoms with Gasteiger partial charge < -0.3 is 14.3 Å². The zero-order valence-electron chi connectivity index (χ0n) is 13.9. The van der Waals surface area contributed by atoms with Crippen LogP contribution in [0.4, 0.5) is 0 Å². The molecule has 6 nitrogen and oxygen atoms in total. The SMILES string of the molecule is O=C(CC1CC1)NCc1cnc2n1CCN(Cc1ccco1)CC2. The summed E-state index contributed by atoms with van der Waals surface area (Å²) < 4.78 is 7.71. The highest BCUT2D eigenvalue weighted by Gasteiger charge is 2.24. The summed E-state index contributed by atoms with van der Waals surface area (Å²) in [6.07, 6.45) is 7.66. The first-order chi connectivity index (χ1) is 11.8. The predicted molar refractivity (Wildman–Crippen MR) is 89.1 cm³/mol. The lowest BCUT2D eigenvalue weighted by atomic mass is 10.3. The van der Waals surface area contributed by atoms with Crippen molar-refractivity contribution in [2.45, 2.75) is 45.3 Å². The number of nitrogens with zero attached hydrogens (tertiary/aromatic N) is 3. The van der Waals surface area contributed by atoms with Crippen LogP contribution in [0.1, 0.15) is 36.5 Å². The maximum atomic E-state index is 11.9. The van der Waals surface area contributed by atoms with E-state index in [-0.39, 0.29) is 5.91 Å². The van der Waals surface area contributed by atoms with Crippen molar-refractivity contribution in [3.05, 3.63) is 41.9 Å². The molecule has 4 rings (SSSR count). The Morgan fingerprint density at radius 1 is 1.33 bits per heavy atom. The number of carbonyl (C=O) groups excluding carboxylic acids is 1. The molecule has 0 radical (unpaired) electrons. The van der Waals surface area contributed by atoms with Gasteiger partial charge >= 0.3 is 0 Å². The standard InChI is InChI=1S/C18H24N4O2/c23-18(10-14-3-4-14)20-12-15-11-19-17-5-6-21(7-8-22(15)17)13-16-2-1-9-24-16/h1-2,9,11,14H,3-8,10,12-13H2,(H,20,23). The van der Waals surface area contributed by atoms with Gasteiger partial charge in [0.2, 0.25) is 5.91 Å². The summed E-state index contributed by atoms with van der Waals surface area (Å²) >= 11 is 0. The summed E-state index contributed by atoms with van der Waals surface area (Å²) in [6, 6.07) is 3.95. The van der Waals surface area contributed by atoms with E-state index in [1.807, 2.05) is 18.3 Å². The van der Waals surface area contributed by atoms with Gasteiger partial charge in [0, 0.05) is 32.5 Å². The number of rotatable bonds is 6. The van der Waals surface area contributed by atoms with Crippen LogP contribution in [0, 0.1) is 5.92 Å². The monoisotopic (exact) mass is 328 g/mol. The van der Waals surface area contributed by atoms with E-state index in [4.69, 9.17) is 4.42 Å². The van der Waals surface area contributed by atoms with Gasteiger partial charge in [0.05, 0.1) is 31.2 Å². The molecule has 1 fully saturated rings. The van der Waals surface area contributed by atoms with Gasteiger partial charge in [-0.3, -0.25) is 9.69 Å². The van der Waals surface area contributed by atoms with E-state index in [1.165, 1.54) is 12.8 Å². The quantitative estimate of drug-likeness (QED) is 0.880. The topological polar surface area (TPSA) is 63.3 Å². The normalized spacial score (nSPS) is 18.2. The minimum absolute atomic E-state index is 0.168. The van der Waals surface area contributed by atoms with E-state index >= 15 is 0 Å². The van der Waals surface area contributed by atoms with Gasteiger partial charge in [0.25, 0.3) is 0 Å². The molecule has 2 aliphatic rings. The third-order valence-electron chi connectivity index (χ3n) is 4.91. The molecule has 0 saturated heterocycles. The number of hydrogen-bond acceptors (Lipinski definition) is 4. The molecule has 1 aliphatic carbocycles. The summed E-state index contributed by atoms with van der Waals surface area (Å²) in [5.74, 6) is 2.91. The molecule has 2 aromatic heterocycles. The molecule has 24 heavy (non-hydrogen) atoms. The van der Waals surface area contributed by atoms with Crippen molar-refractivity contribution in [1.29, 1.82) is 0 Å². The lowest BCUT2D eigenvalue weighted by molar-refractivity contribution is -0.121. The first kappa shape index (κ1) is 15.4. The van der Waals surface area contributed by atoms with Crippen LogP contribution < -0.4 is 5.32 Å². The Kier molecular flexibility index (Phi) is 4.38. The van der Waals surface area contributed by atoms with E-state index in [0.29, 0.717) is 18.9 Å². The molecular weight excluding hydrogens is 304 g/mol. The van der Waals surface area contributed by atoms with Gasteiger partial charge in [0.15, 0.2) is 0 Å². The molecule has 1 N–H and O–H groups in total. The Bertz CT molecular complexity index is 688. The summed E-state index contributed by atoms with van der Waals surface area (Å²) in [4.78, 5) is 18.8. The van der Waals surface area contributed by atoms with E-state index in [9.17, 15) is 4.79 Å². The summed E-state index contributed by atoms with van der Waals surface area (Å²) in [5, 5.41) is 3.05. The first-order valence-corrected chi connectivity index (χ1v) is 8.82. The van der Waals surface area contributed by atoms with Crippen LogP contribution in [0.15, 0.2) is 29.0 Å². The summed E-state index contributed by atoms with van der Waals surface area (Å²) in [6.45, 7) is 4.27. The minimum atomic E-state index is 0.168. The Labute approximate surface area is 141 Å². The van der Waals surface area contributed by atoms with Crippen LogP contribution in [0.2, 0.25) is 0 Å². The van der Waals surface area contributed by atoms with Gasteiger partial charge in [0.1, 0.15) is 11.6 Å². The molecule has 0 bridgehead atoms. The average molecular weight is 328 g/mol. The van der Waals surface area contributed by atoms with Crippen molar-refractivity contribution in [2.75, 3.05) is 13.1 Å². The molecule has 1 saturated carbocycles. The molecule has 3 heterocycles. The highest BCUT2D eigenvalue weighted by molar-refractivity contribution is 5.76. The van der Waals surface area contributed by atoms with E-state index in [0.717, 1.165) is 49.9 Å². The summed E-state index contributed by atoms with van der Waals surface area (Å²) in [5.41, 5.74) is 1.11. The second kappa shape index (κ2) is 6.81. The number of fused-ring (bicyclic) bond motifs is 1. The zero-order chi connectivity index (χ0) is 16.4. The number of amides is 1. The van der Waals surface area contributed by atoms with Gasteiger partial charge in [-0.2, -0.15) is 0 Å². The van der Waals surface area contributed by atoms with Crippen molar-refractivity contribution in [3.63, 3.8) is 0 Å². The molecule has 1 aliphatic heterocycles. The molecule has 6 heteroatoms. The largest absolute Gasteiger partial charge is 0.468 e. The highest BCUT2D eigenvalue weighted by Crippen LogP contribution is 2.32. The summed E-state index contributed by atoms with van der Waals surface area (Å²) in [7, 11) is 0. The number of furan rings is 1. The van der Waals surface area contributed by atoms with Crippen LogP contribution in [0.25, 0.3) is 0 Å². The fourth-order valence-corrected chi connectivity index (χ4v) is 3.31. The molecule has 0 atom stereocenters.